The fraction of sp³-hybridized carbons (Fsp3) is 0.211. The van der Waals surface area contributed by atoms with Gasteiger partial charge in [0.2, 0.25) is 5.91 Å². The molecule has 6 nitrogen and oxygen atoms in total. The van der Waals surface area contributed by atoms with E-state index < -0.39 is 0 Å². The molecule has 2 N–H and O–H groups in total. The molecule has 0 radical (unpaired) electrons. The van der Waals surface area contributed by atoms with Crippen molar-refractivity contribution in [2.45, 2.75) is 20.6 Å². The molecule has 0 aliphatic rings. The lowest BCUT2D eigenvalue weighted by Crippen LogP contribution is -2.32. The Morgan fingerprint density at radius 1 is 1.26 bits per heavy atom. The maximum atomic E-state index is 12.1. The summed E-state index contributed by atoms with van der Waals surface area (Å²) in [6.07, 6.45) is 3.62. The van der Waals surface area contributed by atoms with Gasteiger partial charge in [-0.05, 0) is 25.3 Å². The van der Waals surface area contributed by atoms with Crippen LogP contribution in [0.3, 0.4) is 0 Å². The second-order valence-corrected chi connectivity index (χ2v) is 7.44. The van der Waals surface area contributed by atoms with Crippen LogP contribution in [0.2, 0.25) is 13.6 Å². The predicted molar refractivity (Wildman–Crippen MR) is 111 cm³/mol. The molecule has 0 fully saturated rings. The van der Waals surface area contributed by atoms with Gasteiger partial charge in [-0.1, -0.05) is 37.4 Å². The van der Waals surface area contributed by atoms with Gasteiger partial charge >= 0.3 is 0 Å². The molecule has 138 valence electrons. The zero-order chi connectivity index (χ0) is 19.4. The molecular weight excluding hydrogens is 359 g/mol. The first kappa shape index (κ1) is 18.9. The number of anilines is 1. The number of amides is 2. The van der Waals surface area contributed by atoms with E-state index in [9.17, 15) is 9.59 Å². The quantitative estimate of drug-likeness (QED) is 0.644. The van der Waals surface area contributed by atoms with Crippen LogP contribution in [-0.4, -0.2) is 34.7 Å². The molecule has 3 rings (SSSR count). The van der Waals surface area contributed by atoms with Gasteiger partial charge in [-0.3, -0.25) is 9.59 Å². The van der Waals surface area contributed by atoms with E-state index in [0.29, 0.717) is 10.7 Å². The largest absolute Gasteiger partial charge is 0.398 e. The maximum Gasteiger partial charge on any atom is 0.253 e. The third-order valence-electron chi connectivity index (χ3n) is 4.05. The zero-order valence-corrected chi connectivity index (χ0v) is 16.3. The van der Waals surface area contributed by atoms with Crippen molar-refractivity contribution in [3.63, 3.8) is 0 Å². The number of rotatable bonds is 6. The third kappa shape index (κ3) is 4.86. The number of thiazole rings is 1. The molecule has 2 aromatic heterocycles. The van der Waals surface area contributed by atoms with Crippen molar-refractivity contribution in [3.05, 3.63) is 59.2 Å². The van der Waals surface area contributed by atoms with Crippen molar-refractivity contribution in [2.24, 2.45) is 0 Å². The normalized spacial score (nSPS) is 10.5. The summed E-state index contributed by atoms with van der Waals surface area (Å²) in [5, 5.41) is 7.77. The second kappa shape index (κ2) is 8.22. The van der Waals surface area contributed by atoms with Crippen molar-refractivity contribution in [2.75, 3.05) is 11.9 Å². The average Bonchev–Trinajstić information content (AvgIpc) is 3.29. The summed E-state index contributed by atoms with van der Waals surface area (Å²) < 4.78 is 1.94. The molecule has 0 aliphatic carbocycles. The fourth-order valence-electron chi connectivity index (χ4n) is 2.56. The highest BCUT2D eigenvalue weighted by molar-refractivity contribution is 7.14. The molecule has 0 aliphatic heterocycles. The van der Waals surface area contributed by atoms with Crippen molar-refractivity contribution in [1.82, 2.24) is 14.8 Å². The molecule has 1 aromatic carbocycles. The van der Waals surface area contributed by atoms with Crippen LogP contribution < -0.4 is 10.6 Å². The number of aryl methyl sites for hydroxylation is 1. The monoisotopic (exact) mass is 380 g/mol. The smallest absolute Gasteiger partial charge is 0.253 e. The van der Waals surface area contributed by atoms with E-state index in [1.54, 1.807) is 12.3 Å². The van der Waals surface area contributed by atoms with Crippen LogP contribution in [0, 0.1) is 6.92 Å². The summed E-state index contributed by atoms with van der Waals surface area (Å²) in [6, 6.07) is 9.77. The van der Waals surface area contributed by atoms with Gasteiger partial charge in [0.05, 0.1) is 17.8 Å². The van der Waals surface area contributed by atoms with Crippen molar-refractivity contribution >= 4 is 35.1 Å². The number of carbonyl (C=O) groups is 2. The Labute approximate surface area is 162 Å². The number of nitrogens with one attached hydrogen (secondary N) is 2. The molecule has 27 heavy (non-hydrogen) atoms. The summed E-state index contributed by atoms with van der Waals surface area (Å²) in [7, 11) is 0. The van der Waals surface area contributed by atoms with Crippen molar-refractivity contribution < 1.29 is 9.59 Å². The van der Waals surface area contributed by atoms with E-state index in [-0.39, 0.29) is 25.2 Å². The molecule has 3 aromatic rings. The molecular formula is C19H21BN4O2S. The van der Waals surface area contributed by atoms with Gasteiger partial charge in [0, 0.05) is 17.1 Å². The Morgan fingerprint density at radius 3 is 2.78 bits per heavy atom. The Balaban J connectivity index is 1.54. The van der Waals surface area contributed by atoms with Gasteiger partial charge < -0.3 is 15.1 Å². The minimum Gasteiger partial charge on any atom is -0.398 e. The van der Waals surface area contributed by atoms with E-state index in [0.717, 1.165) is 16.8 Å². The molecule has 0 spiro atoms. The van der Waals surface area contributed by atoms with E-state index in [4.69, 9.17) is 0 Å². The van der Waals surface area contributed by atoms with Crippen molar-refractivity contribution in [1.29, 1.82) is 0 Å². The third-order valence-corrected chi connectivity index (χ3v) is 4.80. The highest BCUT2D eigenvalue weighted by atomic mass is 32.1. The highest BCUT2D eigenvalue weighted by Gasteiger charge is 2.12. The molecule has 0 bridgehead atoms. The van der Waals surface area contributed by atoms with Gasteiger partial charge in [0.1, 0.15) is 0 Å². The van der Waals surface area contributed by atoms with Crippen LogP contribution in [-0.2, 0) is 4.79 Å². The number of hydrogen-bond acceptors (Lipinski definition) is 4. The summed E-state index contributed by atoms with van der Waals surface area (Å²) in [5.74, 6) is -0.582. The van der Waals surface area contributed by atoms with Gasteiger partial charge in [-0.2, -0.15) is 0 Å². The summed E-state index contributed by atoms with van der Waals surface area (Å²) in [6.45, 7) is 6.27. The Kier molecular flexibility index (Phi) is 5.76. The van der Waals surface area contributed by atoms with Crippen LogP contribution in [0.4, 0.5) is 5.13 Å². The van der Waals surface area contributed by atoms with E-state index in [2.05, 4.69) is 15.6 Å². The minimum absolute atomic E-state index is 0.106. The molecule has 8 heteroatoms. The predicted octanol–water partition coefficient (Wildman–Crippen LogP) is 3.39. The Bertz CT molecular complexity index is 964. The molecule has 2 heterocycles. The van der Waals surface area contributed by atoms with E-state index >= 15 is 0 Å². The van der Waals surface area contributed by atoms with Crippen molar-refractivity contribution in [3.8, 4) is 11.3 Å². The minimum atomic E-state index is -0.309. The first-order valence-electron chi connectivity index (χ1n) is 8.70. The summed E-state index contributed by atoms with van der Waals surface area (Å²) >= 11 is 1.36. The number of aromatic nitrogens is 2. The SMILES string of the molecule is CB(C)n1ccc(C(=O)NCC(=O)Nc2nc(-c3cccc(C)c3)cs2)c1. The lowest BCUT2D eigenvalue weighted by atomic mass is 9.68. The first-order chi connectivity index (χ1) is 12.9. The van der Waals surface area contributed by atoms with Crippen LogP contribution in [0.25, 0.3) is 11.3 Å². The van der Waals surface area contributed by atoms with Gasteiger partial charge in [0.25, 0.3) is 12.8 Å². The van der Waals surface area contributed by atoms with Crippen LogP contribution in [0.5, 0.6) is 0 Å². The van der Waals surface area contributed by atoms with E-state index in [1.165, 1.54) is 11.3 Å². The van der Waals surface area contributed by atoms with Crippen LogP contribution in [0.15, 0.2) is 48.1 Å². The molecule has 0 atom stereocenters. The first-order valence-corrected chi connectivity index (χ1v) is 9.58. The Hall–Kier alpha value is -2.87. The summed E-state index contributed by atoms with van der Waals surface area (Å²) in [4.78, 5) is 28.7. The number of benzene rings is 1. The lowest BCUT2D eigenvalue weighted by Gasteiger charge is -2.04. The highest BCUT2D eigenvalue weighted by Crippen LogP contribution is 2.25. The summed E-state index contributed by atoms with van der Waals surface area (Å²) in [5.41, 5.74) is 3.51. The number of carbonyl (C=O) groups excluding carboxylic acids is 2. The van der Waals surface area contributed by atoms with Crippen LogP contribution >= 0.6 is 11.3 Å². The number of nitrogens with zero attached hydrogens (tertiary/aromatic N) is 2. The standard InChI is InChI=1S/C19H21BN4O2S/c1-13-5-4-6-14(9-13)16-12-27-19(22-16)23-17(25)10-21-18(26)15-7-8-24(11-15)20(2)3/h4-9,11-12H,10H2,1-3H3,(H,21,26)(H,22,23,25). The second-order valence-electron chi connectivity index (χ2n) is 6.58. The fourth-order valence-corrected chi connectivity index (χ4v) is 3.30. The lowest BCUT2D eigenvalue weighted by molar-refractivity contribution is -0.115. The van der Waals surface area contributed by atoms with E-state index in [1.807, 2.05) is 60.9 Å². The van der Waals surface area contributed by atoms with Crippen LogP contribution in [0.1, 0.15) is 15.9 Å². The molecule has 2 amide bonds. The molecule has 0 saturated carbocycles. The number of hydrogen-bond donors (Lipinski definition) is 2. The van der Waals surface area contributed by atoms with Gasteiger partial charge in [-0.25, -0.2) is 4.98 Å². The molecule has 0 saturated heterocycles. The maximum absolute atomic E-state index is 12.1. The Morgan fingerprint density at radius 2 is 2.07 bits per heavy atom. The topological polar surface area (TPSA) is 76.0 Å². The van der Waals surface area contributed by atoms with Gasteiger partial charge in [-0.15, -0.1) is 11.3 Å². The average molecular weight is 380 g/mol. The van der Waals surface area contributed by atoms with Gasteiger partial charge in [0.15, 0.2) is 5.13 Å². The zero-order valence-electron chi connectivity index (χ0n) is 15.5. The molecule has 0 unspecified atom stereocenters.